The fourth-order valence-electron chi connectivity index (χ4n) is 1.31. The first kappa shape index (κ1) is 14.3. The summed E-state index contributed by atoms with van der Waals surface area (Å²) in [4.78, 5) is 0. The topological polar surface area (TPSA) is 34.1 Å². The minimum atomic E-state index is -4.35. The summed E-state index contributed by atoms with van der Waals surface area (Å²) < 4.78 is 57.9. The van der Waals surface area contributed by atoms with Crippen molar-refractivity contribution < 1.29 is 21.6 Å². The molecule has 0 saturated heterocycles. The third-order valence-electron chi connectivity index (χ3n) is 2.13. The van der Waals surface area contributed by atoms with Crippen molar-refractivity contribution in [2.24, 2.45) is 0 Å². The van der Waals surface area contributed by atoms with Crippen LogP contribution >= 0.6 is 10.7 Å². The maximum absolute atomic E-state index is 12.2. The number of rotatable bonds is 4. The van der Waals surface area contributed by atoms with Crippen LogP contribution in [0.4, 0.5) is 13.2 Å². The van der Waals surface area contributed by atoms with Crippen LogP contribution in [0.5, 0.6) is 0 Å². The summed E-state index contributed by atoms with van der Waals surface area (Å²) >= 11 is 0. The lowest BCUT2D eigenvalue weighted by atomic mass is 10.1. The summed E-state index contributed by atoms with van der Waals surface area (Å²) in [5.41, 5.74) is -0.0652. The van der Waals surface area contributed by atoms with E-state index in [0.29, 0.717) is 12.0 Å². The molecule has 0 unspecified atom stereocenters. The molecule has 0 spiro atoms. The second kappa shape index (κ2) is 5.27. The van der Waals surface area contributed by atoms with Crippen LogP contribution in [0, 0.1) is 0 Å². The van der Waals surface area contributed by atoms with Crippen molar-refractivity contribution in [1.29, 1.82) is 0 Å². The zero-order valence-corrected chi connectivity index (χ0v) is 10.2. The van der Waals surface area contributed by atoms with Gasteiger partial charge in [0.2, 0.25) is 9.05 Å². The summed E-state index contributed by atoms with van der Waals surface area (Å²) in [5, 5.41) is 0. The summed E-state index contributed by atoms with van der Waals surface area (Å²) in [6.07, 6.45) is -3.68. The van der Waals surface area contributed by atoms with Crippen molar-refractivity contribution in [2.45, 2.75) is 19.0 Å². The standard InChI is InChI=1S/C10H10ClF3O2S/c11-17(15,16)7-1-2-8-3-5-9(6-4-8)10(12,13)14/h3-6H,1-2,7H2. The van der Waals surface area contributed by atoms with Crippen LogP contribution in [0.15, 0.2) is 24.3 Å². The minimum Gasteiger partial charge on any atom is -0.212 e. The largest absolute Gasteiger partial charge is 0.416 e. The van der Waals surface area contributed by atoms with Gasteiger partial charge in [-0.25, -0.2) is 8.42 Å². The van der Waals surface area contributed by atoms with E-state index in [9.17, 15) is 21.6 Å². The van der Waals surface area contributed by atoms with Crippen LogP contribution in [0.25, 0.3) is 0 Å². The number of halogens is 4. The summed E-state index contributed by atoms with van der Waals surface area (Å²) in [5.74, 6) is -0.185. The molecular weight excluding hydrogens is 277 g/mol. The van der Waals surface area contributed by atoms with Gasteiger partial charge in [0.05, 0.1) is 11.3 Å². The molecule has 0 N–H and O–H groups in total. The predicted octanol–water partition coefficient (Wildman–Crippen LogP) is 3.21. The molecule has 2 nitrogen and oxygen atoms in total. The average Bonchev–Trinajstić information content (AvgIpc) is 2.15. The van der Waals surface area contributed by atoms with Crippen LogP contribution in [0.1, 0.15) is 17.5 Å². The maximum atomic E-state index is 12.2. The Morgan fingerprint density at radius 1 is 1.12 bits per heavy atom. The smallest absolute Gasteiger partial charge is 0.212 e. The maximum Gasteiger partial charge on any atom is 0.416 e. The molecule has 1 aromatic carbocycles. The second-order valence-corrected chi connectivity index (χ2v) is 6.44. The molecule has 0 aliphatic carbocycles. The Hall–Kier alpha value is -0.750. The number of alkyl halides is 3. The van der Waals surface area contributed by atoms with Gasteiger partial charge in [0.1, 0.15) is 0 Å². The Bertz CT molecular complexity index is 465. The van der Waals surface area contributed by atoms with E-state index in [1.165, 1.54) is 12.1 Å². The van der Waals surface area contributed by atoms with Crippen LogP contribution in [0.2, 0.25) is 0 Å². The van der Waals surface area contributed by atoms with Gasteiger partial charge in [-0.1, -0.05) is 12.1 Å². The molecule has 0 aliphatic rings. The Morgan fingerprint density at radius 3 is 2.06 bits per heavy atom. The number of benzene rings is 1. The molecule has 0 bridgehead atoms. The van der Waals surface area contributed by atoms with E-state index in [4.69, 9.17) is 10.7 Å². The zero-order chi connectivity index (χ0) is 13.1. The van der Waals surface area contributed by atoms with Gasteiger partial charge in [-0.3, -0.25) is 0 Å². The third-order valence-corrected chi connectivity index (χ3v) is 3.37. The first-order valence-electron chi connectivity index (χ1n) is 4.77. The van der Waals surface area contributed by atoms with E-state index in [1.54, 1.807) is 0 Å². The average molecular weight is 287 g/mol. The van der Waals surface area contributed by atoms with E-state index in [0.717, 1.165) is 12.1 Å². The highest BCUT2D eigenvalue weighted by atomic mass is 35.7. The number of hydrogen-bond acceptors (Lipinski definition) is 2. The highest BCUT2D eigenvalue weighted by molar-refractivity contribution is 8.13. The van der Waals surface area contributed by atoms with Crippen LogP contribution in [-0.2, 0) is 21.6 Å². The van der Waals surface area contributed by atoms with Crippen LogP contribution in [-0.4, -0.2) is 14.2 Å². The normalized spacial score (nSPS) is 12.7. The lowest BCUT2D eigenvalue weighted by Gasteiger charge is -2.07. The zero-order valence-electron chi connectivity index (χ0n) is 8.67. The number of aryl methyl sites for hydroxylation is 1. The summed E-state index contributed by atoms with van der Waals surface area (Å²) in [6, 6.07) is 4.63. The molecule has 0 saturated carbocycles. The van der Waals surface area contributed by atoms with Gasteiger partial charge in [-0.2, -0.15) is 13.2 Å². The monoisotopic (exact) mass is 286 g/mol. The molecule has 0 atom stereocenters. The van der Waals surface area contributed by atoms with E-state index in [1.807, 2.05) is 0 Å². The van der Waals surface area contributed by atoms with Gasteiger partial charge >= 0.3 is 6.18 Å². The predicted molar refractivity (Wildman–Crippen MR) is 59.4 cm³/mol. The van der Waals surface area contributed by atoms with Gasteiger partial charge in [0.25, 0.3) is 0 Å². The van der Waals surface area contributed by atoms with Crippen LogP contribution < -0.4 is 0 Å². The summed E-state index contributed by atoms with van der Waals surface area (Å²) in [6.45, 7) is 0. The first-order chi connectivity index (χ1) is 7.68. The first-order valence-corrected chi connectivity index (χ1v) is 7.25. The fourth-order valence-corrected chi connectivity index (χ4v) is 2.13. The highest BCUT2D eigenvalue weighted by Crippen LogP contribution is 2.29. The third kappa shape index (κ3) is 5.41. The fraction of sp³-hybridized carbons (Fsp3) is 0.400. The van der Waals surface area contributed by atoms with Gasteiger partial charge in [-0.05, 0) is 30.5 Å². The Morgan fingerprint density at radius 2 is 1.65 bits per heavy atom. The molecule has 1 rings (SSSR count). The SMILES string of the molecule is O=S(=O)(Cl)CCCc1ccc(C(F)(F)F)cc1. The molecule has 96 valence electrons. The number of hydrogen-bond donors (Lipinski definition) is 0. The molecule has 0 radical (unpaired) electrons. The highest BCUT2D eigenvalue weighted by Gasteiger charge is 2.29. The molecule has 0 aromatic heterocycles. The Balaban J connectivity index is 2.58. The molecule has 7 heteroatoms. The van der Waals surface area contributed by atoms with Crippen molar-refractivity contribution in [1.82, 2.24) is 0 Å². The quantitative estimate of drug-likeness (QED) is 0.797. The van der Waals surface area contributed by atoms with Crippen molar-refractivity contribution in [3.63, 3.8) is 0 Å². The van der Waals surface area contributed by atoms with Crippen molar-refractivity contribution in [2.75, 3.05) is 5.75 Å². The lowest BCUT2D eigenvalue weighted by Crippen LogP contribution is -2.04. The molecule has 0 amide bonds. The summed E-state index contributed by atoms with van der Waals surface area (Å²) in [7, 11) is 1.47. The van der Waals surface area contributed by atoms with Gasteiger partial charge < -0.3 is 0 Å². The van der Waals surface area contributed by atoms with E-state index in [-0.39, 0.29) is 12.2 Å². The molecule has 0 fully saturated rings. The Kier molecular flexibility index (Phi) is 4.43. The molecule has 17 heavy (non-hydrogen) atoms. The van der Waals surface area contributed by atoms with E-state index < -0.39 is 20.8 Å². The lowest BCUT2D eigenvalue weighted by molar-refractivity contribution is -0.137. The van der Waals surface area contributed by atoms with E-state index in [2.05, 4.69) is 0 Å². The van der Waals surface area contributed by atoms with Crippen molar-refractivity contribution >= 4 is 19.7 Å². The van der Waals surface area contributed by atoms with Gasteiger partial charge in [0, 0.05) is 10.7 Å². The molecule has 0 heterocycles. The second-order valence-electron chi connectivity index (χ2n) is 3.54. The van der Waals surface area contributed by atoms with Crippen molar-refractivity contribution in [3.8, 4) is 0 Å². The van der Waals surface area contributed by atoms with E-state index >= 15 is 0 Å². The van der Waals surface area contributed by atoms with Gasteiger partial charge in [-0.15, -0.1) is 0 Å². The molecule has 1 aromatic rings. The molecular formula is C10H10ClF3O2S. The Labute approximate surface area is 102 Å². The van der Waals surface area contributed by atoms with Gasteiger partial charge in [0.15, 0.2) is 0 Å². The van der Waals surface area contributed by atoms with Crippen LogP contribution in [0.3, 0.4) is 0 Å². The molecule has 0 aliphatic heterocycles. The van der Waals surface area contributed by atoms with Crippen molar-refractivity contribution in [3.05, 3.63) is 35.4 Å². The minimum absolute atomic E-state index is 0.185.